The molecule has 2 N–H and O–H groups in total. The van der Waals surface area contributed by atoms with Crippen molar-refractivity contribution in [3.63, 3.8) is 0 Å². The number of benzene rings is 1. The zero-order valence-corrected chi connectivity index (χ0v) is 17.4. The number of aromatic hydroxyl groups is 1. The van der Waals surface area contributed by atoms with Crippen molar-refractivity contribution >= 4 is 5.97 Å². The molecule has 1 rings (SSSR count). The molecule has 0 bridgehead atoms. The second-order valence-corrected chi connectivity index (χ2v) is 9.43. The largest absolute Gasteiger partial charge is 0.508 e. The fraction of sp³-hybridized carbons (Fsp3) is 0.696. The summed E-state index contributed by atoms with van der Waals surface area (Å²) in [5, 5.41) is 19.4. The number of carbonyl (C=O) groups is 1. The number of aryl methyl sites for hydroxylation is 1. The third-order valence-electron chi connectivity index (χ3n) is 5.18. The zero-order valence-electron chi connectivity index (χ0n) is 17.4. The van der Waals surface area contributed by atoms with Crippen LogP contribution in [0.4, 0.5) is 0 Å². The molecule has 26 heavy (non-hydrogen) atoms. The Labute approximate surface area is 159 Å². The monoisotopic (exact) mass is 362 g/mol. The standard InChI is InChI=1S/C23H38O3/c1-22(2,3)16-10-8-14-19-18(13-11-15-20(19)24)12-7-6-9-17-23(4,5)21(25)26/h11,13,15,24H,6-10,12,14,16-17H2,1-5H3,(H,25,26). The van der Waals surface area contributed by atoms with E-state index in [1.165, 1.54) is 18.4 Å². The average molecular weight is 363 g/mol. The van der Waals surface area contributed by atoms with Crippen LogP contribution < -0.4 is 0 Å². The van der Waals surface area contributed by atoms with Crippen molar-refractivity contribution in [2.24, 2.45) is 10.8 Å². The Morgan fingerprint density at radius 2 is 1.50 bits per heavy atom. The maximum absolute atomic E-state index is 11.1. The molecular formula is C23H38O3. The summed E-state index contributed by atoms with van der Waals surface area (Å²) in [6, 6.07) is 5.84. The van der Waals surface area contributed by atoms with Crippen molar-refractivity contribution in [1.82, 2.24) is 0 Å². The summed E-state index contributed by atoms with van der Waals surface area (Å²) in [6.07, 6.45) is 9.08. The summed E-state index contributed by atoms with van der Waals surface area (Å²) in [5.74, 6) is -0.298. The lowest BCUT2D eigenvalue weighted by Gasteiger charge is -2.19. The maximum Gasteiger partial charge on any atom is 0.309 e. The Hall–Kier alpha value is -1.51. The minimum Gasteiger partial charge on any atom is -0.508 e. The first kappa shape index (κ1) is 22.5. The van der Waals surface area contributed by atoms with Crippen LogP contribution in [0.3, 0.4) is 0 Å². The lowest BCUT2D eigenvalue weighted by molar-refractivity contribution is -0.147. The van der Waals surface area contributed by atoms with Crippen LogP contribution in [-0.4, -0.2) is 16.2 Å². The summed E-state index contributed by atoms with van der Waals surface area (Å²) >= 11 is 0. The van der Waals surface area contributed by atoms with Crippen LogP contribution >= 0.6 is 0 Å². The van der Waals surface area contributed by atoms with E-state index in [2.05, 4.69) is 26.8 Å². The van der Waals surface area contributed by atoms with Gasteiger partial charge in [-0.3, -0.25) is 4.79 Å². The Balaban J connectivity index is 2.47. The van der Waals surface area contributed by atoms with Gasteiger partial charge in [0.2, 0.25) is 0 Å². The molecule has 0 aromatic heterocycles. The molecule has 0 aliphatic rings. The Morgan fingerprint density at radius 1 is 0.885 bits per heavy atom. The van der Waals surface area contributed by atoms with Gasteiger partial charge in [-0.2, -0.15) is 0 Å². The second-order valence-electron chi connectivity index (χ2n) is 9.43. The lowest BCUT2D eigenvalue weighted by atomic mass is 9.86. The normalized spacial score (nSPS) is 12.3. The van der Waals surface area contributed by atoms with E-state index in [0.29, 0.717) is 17.6 Å². The minimum atomic E-state index is -0.719. The topological polar surface area (TPSA) is 57.5 Å². The number of hydrogen-bond acceptors (Lipinski definition) is 2. The van der Waals surface area contributed by atoms with Gasteiger partial charge in [0.25, 0.3) is 0 Å². The molecular weight excluding hydrogens is 324 g/mol. The molecule has 0 heterocycles. The van der Waals surface area contributed by atoms with Crippen molar-refractivity contribution in [2.75, 3.05) is 0 Å². The highest BCUT2D eigenvalue weighted by Crippen LogP contribution is 2.28. The summed E-state index contributed by atoms with van der Waals surface area (Å²) in [4.78, 5) is 11.1. The van der Waals surface area contributed by atoms with Crippen LogP contribution in [-0.2, 0) is 17.6 Å². The van der Waals surface area contributed by atoms with Gasteiger partial charge < -0.3 is 10.2 Å². The van der Waals surface area contributed by atoms with Gasteiger partial charge in [0.15, 0.2) is 0 Å². The fourth-order valence-electron chi connectivity index (χ4n) is 3.27. The molecule has 3 heteroatoms. The van der Waals surface area contributed by atoms with Gasteiger partial charge in [-0.25, -0.2) is 0 Å². The Morgan fingerprint density at radius 3 is 2.12 bits per heavy atom. The first-order valence-electron chi connectivity index (χ1n) is 10.1. The number of carboxylic acids is 1. The molecule has 3 nitrogen and oxygen atoms in total. The van der Waals surface area contributed by atoms with E-state index in [4.69, 9.17) is 5.11 Å². The van der Waals surface area contributed by atoms with Crippen LogP contribution in [0.2, 0.25) is 0 Å². The third-order valence-corrected chi connectivity index (χ3v) is 5.18. The van der Waals surface area contributed by atoms with Crippen molar-refractivity contribution in [1.29, 1.82) is 0 Å². The number of carboxylic acid groups (broad SMARTS) is 1. The molecule has 0 aliphatic heterocycles. The van der Waals surface area contributed by atoms with Gasteiger partial charge in [-0.05, 0) is 75.0 Å². The van der Waals surface area contributed by atoms with Crippen LogP contribution in [0.1, 0.15) is 90.7 Å². The molecule has 0 saturated heterocycles. The number of hydrogen-bond donors (Lipinski definition) is 2. The highest BCUT2D eigenvalue weighted by molar-refractivity contribution is 5.73. The smallest absolute Gasteiger partial charge is 0.309 e. The van der Waals surface area contributed by atoms with Crippen LogP contribution in [0.15, 0.2) is 18.2 Å². The van der Waals surface area contributed by atoms with Gasteiger partial charge in [-0.15, -0.1) is 0 Å². The molecule has 0 amide bonds. The first-order chi connectivity index (χ1) is 12.0. The van der Waals surface area contributed by atoms with Crippen LogP contribution in [0, 0.1) is 10.8 Å². The SMILES string of the molecule is CC(C)(C)CCCCc1c(O)cccc1CCCCCC(C)(C)C(=O)O. The van der Waals surface area contributed by atoms with Crippen molar-refractivity contribution in [3.8, 4) is 5.75 Å². The first-order valence-corrected chi connectivity index (χ1v) is 10.1. The highest BCUT2D eigenvalue weighted by Gasteiger charge is 2.25. The second kappa shape index (κ2) is 9.99. The molecule has 0 atom stereocenters. The van der Waals surface area contributed by atoms with Crippen LogP contribution in [0.25, 0.3) is 0 Å². The zero-order chi connectivity index (χ0) is 19.8. The molecule has 0 aliphatic carbocycles. The summed E-state index contributed by atoms with van der Waals surface area (Å²) < 4.78 is 0. The average Bonchev–Trinajstić information content (AvgIpc) is 2.51. The number of aliphatic carboxylic acids is 1. The quantitative estimate of drug-likeness (QED) is 0.450. The predicted molar refractivity (Wildman–Crippen MR) is 109 cm³/mol. The molecule has 0 fully saturated rings. The molecule has 0 spiro atoms. The molecule has 0 saturated carbocycles. The Kier molecular flexibility index (Phi) is 8.66. The van der Waals surface area contributed by atoms with Gasteiger partial charge in [-0.1, -0.05) is 52.2 Å². The van der Waals surface area contributed by atoms with E-state index in [9.17, 15) is 9.90 Å². The Bertz CT molecular complexity index is 567. The third kappa shape index (κ3) is 8.25. The van der Waals surface area contributed by atoms with E-state index in [-0.39, 0.29) is 0 Å². The van der Waals surface area contributed by atoms with E-state index in [0.717, 1.165) is 44.1 Å². The summed E-state index contributed by atoms with van der Waals surface area (Å²) in [5.41, 5.74) is 2.08. The molecule has 0 radical (unpaired) electrons. The summed E-state index contributed by atoms with van der Waals surface area (Å²) in [7, 11) is 0. The van der Waals surface area contributed by atoms with E-state index in [1.807, 2.05) is 6.07 Å². The van der Waals surface area contributed by atoms with Gasteiger partial charge in [0.05, 0.1) is 5.41 Å². The predicted octanol–water partition coefficient (Wildman–Crippen LogP) is 6.36. The van der Waals surface area contributed by atoms with E-state index in [1.54, 1.807) is 19.9 Å². The van der Waals surface area contributed by atoms with Gasteiger partial charge in [0.1, 0.15) is 5.75 Å². The molecule has 0 unspecified atom stereocenters. The fourth-order valence-corrected chi connectivity index (χ4v) is 3.27. The molecule has 1 aromatic rings. The van der Waals surface area contributed by atoms with Crippen molar-refractivity contribution in [2.45, 2.75) is 92.4 Å². The highest BCUT2D eigenvalue weighted by atomic mass is 16.4. The number of rotatable bonds is 11. The van der Waals surface area contributed by atoms with Gasteiger partial charge in [0, 0.05) is 0 Å². The molecule has 1 aromatic carbocycles. The number of unbranched alkanes of at least 4 members (excludes halogenated alkanes) is 3. The van der Waals surface area contributed by atoms with Crippen molar-refractivity contribution in [3.05, 3.63) is 29.3 Å². The number of phenols is 1. The van der Waals surface area contributed by atoms with Gasteiger partial charge >= 0.3 is 5.97 Å². The maximum atomic E-state index is 11.1. The van der Waals surface area contributed by atoms with E-state index >= 15 is 0 Å². The van der Waals surface area contributed by atoms with Crippen molar-refractivity contribution < 1.29 is 15.0 Å². The van der Waals surface area contributed by atoms with Crippen LogP contribution in [0.5, 0.6) is 5.75 Å². The number of phenolic OH excluding ortho intramolecular Hbond substituents is 1. The summed E-state index contributed by atoms with van der Waals surface area (Å²) in [6.45, 7) is 10.4. The molecule has 148 valence electrons. The van der Waals surface area contributed by atoms with E-state index < -0.39 is 11.4 Å². The lowest BCUT2D eigenvalue weighted by Crippen LogP contribution is -2.23. The minimum absolute atomic E-state index is 0.366.